The van der Waals surface area contributed by atoms with E-state index in [1.807, 2.05) is 30.5 Å². The van der Waals surface area contributed by atoms with Gasteiger partial charge in [0.25, 0.3) is 0 Å². The molecule has 1 radical (unpaired) electrons. The van der Waals surface area contributed by atoms with Gasteiger partial charge in [-0.05, 0) is 85.0 Å². The number of hydrogen-bond acceptors (Lipinski definition) is 4. The summed E-state index contributed by atoms with van der Waals surface area (Å²) in [5.74, 6) is 1.30. The molecule has 3 fully saturated rings. The van der Waals surface area contributed by atoms with Crippen LogP contribution in [0.25, 0.3) is 44.0 Å². The van der Waals surface area contributed by atoms with Crippen LogP contribution in [0.3, 0.4) is 0 Å². The Hall–Kier alpha value is -3.34. The number of hydrogen-bond donors (Lipinski definition) is 1. The Morgan fingerprint density at radius 3 is 2.39 bits per heavy atom. The number of allylic oxidation sites excluding steroid dienone is 2. The van der Waals surface area contributed by atoms with Crippen molar-refractivity contribution >= 4 is 38.5 Å². The average molecular weight is 795 g/mol. The van der Waals surface area contributed by atoms with E-state index in [0.717, 1.165) is 81.6 Å². The number of pyridine rings is 1. The topological polar surface area (TPSA) is 63.3 Å². The van der Waals surface area contributed by atoms with Crippen LogP contribution in [0.15, 0.2) is 77.0 Å². The molecule has 4 nitrogen and oxygen atoms in total. The van der Waals surface area contributed by atoms with Crippen molar-refractivity contribution in [3.05, 3.63) is 89.8 Å². The molecular formula is C40H41FIrNO3-. The fourth-order valence-electron chi connectivity index (χ4n) is 7.76. The molecule has 0 saturated heterocycles. The number of aromatic nitrogens is 1. The number of ketones is 1. The number of furan rings is 1. The average Bonchev–Trinajstić information content (AvgIpc) is 3.88. The standard InChI is InChI=1S/C27H21FNO.C13H20O2.Ir/c1-16-12-23-22-4-2-3-5-25(22)30-27(23)24(13-16)26-21-9-7-17(14-19(21)10-11-29-26)18-6-8-20(28)15-18;14-12(10-5-1-2-6-10)9-13(15)11-7-3-4-8-11;/h2-5,7,9-12,14,18,20H,6,8,15H2,1H3;9-11,14H,1-8H2;/q-1;;/b;12-9-;. The maximum atomic E-state index is 13.7. The smallest absolute Gasteiger partial charge is 0.162 e. The van der Waals surface area contributed by atoms with Crippen molar-refractivity contribution in [1.29, 1.82) is 0 Å². The van der Waals surface area contributed by atoms with E-state index in [9.17, 15) is 14.3 Å². The Labute approximate surface area is 283 Å². The molecule has 3 aromatic carbocycles. The molecule has 2 atom stereocenters. The number of carbonyl (C=O) groups is 1. The second kappa shape index (κ2) is 14.2. The van der Waals surface area contributed by atoms with Crippen molar-refractivity contribution in [2.75, 3.05) is 0 Å². The summed E-state index contributed by atoms with van der Waals surface area (Å²) in [6, 6.07) is 22.2. The number of aryl methyl sites for hydroxylation is 1. The van der Waals surface area contributed by atoms with Crippen molar-refractivity contribution in [3.63, 3.8) is 0 Å². The third-order valence-corrected chi connectivity index (χ3v) is 10.2. The summed E-state index contributed by atoms with van der Waals surface area (Å²) in [5, 5.41) is 14.2. The normalized spacial score (nSPS) is 20.7. The zero-order valence-corrected chi connectivity index (χ0v) is 28.8. The maximum absolute atomic E-state index is 13.7. The number of benzene rings is 3. The molecule has 2 aromatic heterocycles. The Morgan fingerprint density at radius 2 is 1.65 bits per heavy atom. The molecule has 3 saturated carbocycles. The molecule has 1 N–H and O–H groups in total. The Morgan fingerprint density at radius 1 is 0.913 bits per heavy atom. The number of fused-ring (bicyclic) bond motifs is 4. The fraction of sp³-hybridized carbons (Fsp3) is 0.400. The number of carbonyl (C=O) groups excluding carboxylic acids is 1. The Bertz CT molecular complexity index is 1880. The van der Waals surface area contributed by atoms with Gasteiger partial charge in [0.05, 0.1) is 11.3 Å². The first kappa shape index (κ1) is 32.6. The van der Waals surface area contributed by atoms with Crippen molar-refractivity contribution < 1.29 is 38.8 Å². The molecular weight excluding hydrogens is 754 g/mol. The van der Waals surface area contributed by atoms with Crippen LogP contribution >= 0.6 is 0 Å². The number of para-hydroxylation sites is 1. The molecule has 8 rings (SSSR count). The van der Waals surface area contributed by atoms with E-state index in [2.05, 4.69) is 43.3 Å². The van der Waals surface area contributed by atoms with Crippen LogP contribution < -0.4 is 0 Å². The third-order valence-electron chi connectivity index (χ3n) is 10.2. The van der Waals surface area contributed by atoms with Crippen molar-refractivity contribution in [1.82, 2.24) is 4.98 Å². The van der Waals surface area contributed by atoms with E-state index in [1.165, 1.54) is 37.3 Å². The second-order valence-corrected chi connectivity index (χ2v) is 13.4. The minimum Gasteiger partial charge on any atom is -0.512 e. The molecule has 2 unspecified atom stereocenters. The summed E-state index contributed by atoms with van der Waals surface area (Å²) in [6.07, 6.45) is 13.8. The first-order chi connectivity index (χ1) is 21.9. The zero-order chi connectivity index (χ0) is 30.9. The van der Waals surface area contributed by atoms with Crippen LogP contribution in [-0.2, 0) is 24.9 Å². The van der Waals surface area contributed by atoms with Gasteiger partial charge in [0, 0.05) is 49.6 Å². The van der Waals surface area contributed by atoms with E-state index in [0.29, 0.717) is 24.5 Å². The van der Waals surface area contributed by atoms with Crippen LogP contribution in [0.4, 0.5) is 4.39 Å². The van der Waals surface area contributed by atoms with Gasteiger partial charge in [0.15, 0.2) is 5.78 Å². The van der Waals surface area contributed by atoms with E-state index in [1.54, 1.807) is 0 Å². The zero-order valence-electron chi connectivity index (χ0n) is 26.4. The molecule has 0 aliphatic heterocycles. The molecule has 46 heavy (non-hydrogen) atoms. The number of aliphatic hydroxyl groups excluding tert-OH is 1. The molecule has 241 valence electrons. The molecule has 0 bridgehead atoms. The van der Waals surface area contributed by atoms with Gasteiger partial charge < -0.3 is 14.5 Å². The van der Waals surface area contributed by atoms with Gasteiger partial charge in [-0.3, -0.25) is 4.79 Å². The number of alkyl halides is 1. The van der Waals surface area contributed by atoms with Gasteiger partial charge in [-0.25, -0.2) is 4.39 Å². The van der Waals surface area contributed by atoms with Gasteiger partial charge >= 0.3 is 0 Å². The minimum atomic E-state index is -0.665. The molecule has 0 spiro atoms. The minimum absolute atomic E-state index is 0. The molecule has 6 heteroatoms. The summed E-state index contributed by atoms with van der Waals surface area (Å²) in [4.78, 5) is 16.5. The second-order valence-electron chi connectivity index (χ2n) is 13.4. The number of rotatable bonds is 5. The van der Waals surface area contributed by atoms with Crippen LogP contribution in [-0.4, -0.2) is 22.0 Å². The molecule has 5 aromatic rings. The largest absolute Gasteiger partial charge is 0.512 e. The van der Waals surface area contributed by atoms with Gasteiger partial charge in [0.1, 0.15) is 11.8 Å². The Kier molecular flexibility index (Phi) is 10.1. The summed E-state index contributed by atoms with van der Waals surface area (Å²) < 4.78 is 20.0. The molecule has 3 aliphatic rings. The number of aliphatic hydroxyl groups is 1. The summed E-state index contributed by atoms with van der Waals surface area (Å²) in [6.45, 7) is 2.06. The SMILES string of the molecule is Cc1[c-]c(-c2nccc3cc(C4CCC(F)C4)ccc23)c2oc3ccccc3c2c1.O=C(/C=C(\O)C1CCCC1)C1CCCC1.[Ir]. The van der Waals surface area contributed by atoms with E-state index < -0.39 is 6.17 Å². The third kappa shape index (κ3) is 6.71. The monoisotopic (exact) mass is 795 g/mol. The van der Waals surface area contributed by atoms with Gasteiger partial charge in [0.2, 0.25) is 0 Å². The van der Waals surface area contributed by atoms with Gasteiger partial charge in [-0.1, -0.05) is 80.0 Å². The van der Waals surface area contributed by atoms with Gasteiger partial charge in [-0.15, -0.1) is 17.7 Å². The predicted molar refractivity (Wildman–Crippen MR) is 179 cm³/mol. The van der Waals surface area contributed by atoms with Crippen molar-refractivity contribution in [2.45, 2.75) is 89.6 Å². The van der Waals surface area contributed by atoms with Crippen LogP contribution in [0, 0.1) is 24.8 Å². The Balaban J connectivity index is 0.000000197. The van der Waals surface area contributed by atoms with E-state index in [4.69, 9.17) is 9.40 Å². The molecule has 0 amide bonds. The van der Waals surface area contributed by atoms with Crippen LogP contribution in [0.1, 0.15) is 87.7 Å². The predicted octanol–water partition coefficient (Wildman–Crippen LogP) is 10.9. The fourth-order valence-corrected chi connectivity index (χ4v) is 7.76. The molecule has 3 aliphatic carbocycles. The van der Waals surface area contributed by atoms with Gasteiger partial charge in [-0.2, -0.15) is 0 Å². The summed E-state index contributed by atoms with van der Waals surface area (Å²) in [7, 11) is 0. The van der Waals surface area contributed by atoms with Crippen molar-refractivity contribution in [3.8, 4) is 11.3 Å². The summed E-state index contributed by atoms with van der Waals surface area (Å²) >= 11 is 0. The van der Waals surface area contributed by atoms with Crippen molar-refractivity contribution in [2.24, 2.45) is 11.8 Å². The number of halogens is 1. The molecule has 2 heterocycles. The quantitative estimate of drug-likeness (QED) is 0.109. The summed E-state index contributed by atoms with van der Waals surface area (Å²) in [5.41, 5.74) is 5.74. The number of nitrogens with zero attached hydrogens (tertiary/aromatic N) is 1. The maximum Gasteiger partial charge on any atom is 0.162 e. The first-order valence-corrected chi connectivity index (χ1v) is 16.8. The van der Waals surface area contributed by atoms with Crippen LogP contribution in [0.2, 0.25) is 0 Å². The van der Waals surface area contributed by atoms with E-state index in [-0.39, 0.29) is 37.7 Å². The van der Waals surface area contributed by atoms with E-state index >= 15 is 0 Å². The van der Waals surface area contributed by atoms with Crippen LogP contribution in [0.5, 0.6) is 0 Å². The first-order valence-electron chi connectivity index (χ1n) is 16.8.